The van der Waals surface area contributed by atoms with E-state index in [0.29, 0.717) is 17.1 Å². The molecule has 1 aliphatic rings. The Morgan fingerprint density at radius 2 is 2.00 bits per heavy atom. The normalized spacial score (nSPS) is 17.8. The minimum absolute atomic E-state index is 0.121. The molecule has 3 N–H and O–H groups in total. The van der Waals surface area contributed by atoms with E-state index in [-0.39, 0.29) is 18.3 Å². The first-order valence-corrected chi connectivity index (χ1v) is 9.00. The number of hydrogen-bond donors (Lipinski definition) is 3. The predicted octanol–water partition coefficient (Wildman–Crippen LogP) is 0.712. The first kappa shape index (κ1) is 18.7. The molecule has 0 aliphatic carbocycles. The van der Waals surface area contributed by atoms with Gasteiger partial charge in [-0.15, -0.1) is 0 Å². The van der Waals surface area contributed by atoms with Gasteiger partial charge in [-0.3, -0.25) is 4.79 Å². The number of methoxy groups -OCH3 is 2. The Morgan fingerprint density at radius 3 is 2.60 bits per heavy atom. The lowest BCUT2D eigenvalue weighted by molar-refractivity contribution is -0.119. The minimum atomic E-state index is -3.25. The maximum absolute atomic E-state index is 12.0. The summed E-state index contributed by atoms with van der Waals surface area (Å²) in [5.41, 5.74) is 0.765. The van der Waals surface area contributed by atoms with Crippen LogP contribution in [0.25, 0.3) is 0 Å². The largest absolute Gasteiger partial charge is 0.495 e. The molecule has 1 aromatic carbocycles. The van der Waals surface area contributed by atoms with E-state index in [0.717, 1.165) is 5.41 Å². The molecule has 10 heteroatoms. The summed E-state index contributed by atoms with van der Waals surface area (Å²) < 4.78 is 32.6. The molecule has 9 nitrogen and oxygen atoms in total. The van der Waals surface area contributed by atoms with Gasteiger partial charge in [-0.1, -0.05) is 0 Å². The molecule has 0 fully saturated rings. The van der Waals surface area contributed by atoms with Crippen LogP contribution in [-0.4, -0.2) is 53.0 Å². The van der Waals surface area contributed by atoms with Crippen molar-refractivity contribution in [1.29, 1.82) is 0 Å². The number of ether oxygens (including phenoxy) is 2. The third kappa shape index (κ3) is 5.47. The summed E-state index contributed by atoms with van der Waals surface area (Å²) in [5, 5.41) is 8.80. The maximum Gasteiger partial charge on any atom is 0.319 e. The van der Waals surface area contributed by atoms with Gasteiger partial charge < -0.3 is 25.4 Å². The van der Waals surface area contributed by atoms with Crippen LogP contribution in [0.5, 0.6) is 5.75 Å². The van der Waals surface area contributed by atoms with Gasteiger partial charge in [-0.2, -0.15) is 0 Å². The predicted molar refractivity (Wildman–Crippen MR) is 92.4 cm³/mol. The SMILES string of the molecule is COCC(=O)Nc1cc(NC(=O)NC2C=CS(=O)(=O)C2)ccc1OC. The van der Waals surface area contributed by atoms with Gasteiger partial charge in [0.1, 0.15) is 12.4 Å². The fraction of sp³-hybridized carbons (Fsp3) is 0.333. The fourth-order valence-electron chi connectivity index (χ4n) is 2.20. The van der Waals surface area contributed by atoms with E-state index in [1.54, 1.807) is 12.1 Å². The van der Waals surface area contributed by atoms with E-state index in [1.807, 2.05) is 0 Å². The molecule has 0 spiro atoms. The van der Waals surface area contributed by atoms with Crippen molar-refractivity contribution in [1.82, 2.24) is 5.32 Å². The van der Waals surface area contributed by atoms with Gasteiger partial charge in [-0.25, -0.2) is 13.2 Å². The van der Waals surface area contributed by atoms with Gasteiger partial charge in [0.25, 0.3) is 0 Å². The number of carbonyl (C=O) groups excluding carboxylic acids is 2. The molecule has 1 atom stereocenters. The van der Waals surface area contributed by atoms with Crippen LogP contribution in [-0.2, 0) is 19.4 Å². The highest BCUT2D eigenvalue weighted by molar-refractivity contribution is 7.94. The van der Waals surface area contributed by atoms with Crippen LogP contribution < -0.4 is 20.7 Å². The Kier molecular flexibility index (Phi) is 5.99. The van der Waals surface area contributed by atoms with E-state index in [9.17, 15) is 18.0 Å². The molecule has 1 aromatic rings. The van der Waals surface area contributed by atoms with Crippen molar-refractivity contribution in [2.45, 2.75) is 6.04 Å². The summed E-state index contributed by atoms with van der Waals surface area (Å²) >= 11 is 0. The monoisotopic (exact) mass is 369 g/mol. The Bertz CT molecular complexity index is 790. The smallest absolute Gasteiger partial charge is 0.319 e. The van der Waals surface area contributed by atoms with Crippen molar-refractivity contribution in [2.75, 3.05) is 37.2 Å². The lowest BCUT2D eigenvalue weighted by Crippen LogP contribution is -2.38. The molecule has 0 bridgehead atoms. The second kappa shape index (κ2) is 7.99. The summed E-state index contributed by atoms with van der Waals surface area (Å²) in [6, 6.07) is 3.55. The molecule has 0 aromatic heterocycles. The molecular formula is C15H19N3O6S. The number of amides is 3. The van der Waals surface area contributed by atoms with Gasteiger partial charge in [0.15, 0.2) is 9.84 Å². The van der Waals surface area contributed by atoms with Gasteiger partial charge in [0.2, 0.25) is 5.91 Å². The average Bonchev–Trinajstić information content (AvgIpc) is 2.86. The van der Waals surface area contributed by atoms with Crippen LogP contribution in [0.3, 0.4) is 0 Å². The van der Waals surface area contributed by atoms with E-state index in [1.165, 1.54) is 26.4 Å². The summed E-state index contributed by atoms with van der Waals surface area (Å²) in [5.74, 6) is -0.120. The van der Waals surface area contributed by atoms with Crippen LogP contribution in [0.1, 0.15) is 0 Å². The number of rotatable bonds is 6. The zero-order valence-corrected chi connectivity index (χ0v) is 14.6. The number of hydrogen-bond acceptors (Lipinski definition) is 6. The number of sulfone groups is 1. The second-order valence-electron chi connectivity index (χ2n) is 5.26. The highest BCUT2D eigenvalue weighted by Crippen LogP contribution is 2.27. The molecule has 0 radical (unpaired) electrons. The molecule has 0 saturated heterocycles. The van der Waals surface area contributed by atoms with Crippen LogP contribution in [0.4, 0.5) is 16.2 Å². The van der Waals surface area contributed by atoms with E-state index >= 15 is 0 Å². The summed E-state index contributed by atoms with van der Waals surface area (Å²) in [7, 11) is -0.396. The molecule has 2 rings (SSSR count). The standard InChI is InChI=1S/C15H19N3O6S/c1-23-8-14(19)18-12-7-10(3-4-13(12)24-2)16-15(20)17-11-5-6-25(21,22)9-11/h3-7,11H,8-9H2,1-2H3,(H,18,19)(H2,16,17,20). The zero-order valence-electron chi connectivity index (χ0n) is 13.7. The first-order valence-electron chi connectivity index (χ1n) is 7.28. The van der Waals surface area contributed by atoms with Crippen LogP contribution >= 0.6 is 0 Å². The maximum atomic E-state index is 12.0. The Labute approximate surface area is 145 Å². The summed E-state index contributed by atoms with van der Waals surface area (Å²) in [6.45, 7) is -0.121. The number of carbonyl (C=O) groups is 2. The van der Waals surface area contributed by atoms with Crippen LogP contribution in [0, 0.1) is 0 Å². The van der Waals surface area contributed by atoms with Gasteiger partial charge in [-0.05, 0) is 24.3 Å². The van der Waals surface area contributed by atoms with Gasteiger partial charge in [0, 0.05) is 18.2 Å². The highest BCUT2D eigenvalue weighted by atomic mass is 32.2. The van der Waals surface area contributed by atoms with Crippen molar-refractivity contribution in [2.24, 2.45) is 0 Å². The summed E-state index contributed by atoms with van der Waals surface area (Å²) in [6.07, 6.45) is 1.42. The number of urea groups is 1. The molecule has 25 heavy (non-hydrogen) atoms. The number of nitrogens with one attached hydrogen (secondary N) is 3. The number of anilines is 2. The van der Waals surface area contributed by atoms with Crippen molar-refractivity contribution in [3.05, 3.63) is 29.7 Å². The Hall–Kier alpha value is -2.59. The van der Waals surface area contributed by atoms with Crippen molar-refractivity contribution >= 4 is 33.2 Å². The minimum Gasteiger partial charge on any atom is -0.495 e. The van der Waals surface area contributed by atoms with Gasteiger partial charge in [0.05, 0.1) is 24.6 Å². The molecule has 1 heterocycles. The third-order valence-corrected chi connectivity index (χ3v) is 4.65. The molecular weight excluding hydrogens is 350 g/mol. The molecule has 3 amide bonds. The van der Waals surface area contributed by atoms with Crippen molar-refractivity contribution in [3.63, 3.8) is 0 Å². The zero-order chi connectivity index (χ0) is 18.4. The van der Waals surface area contributed by atoms with Gasteiger partial charge >= 0.3 is 6.03 Å². The Balaban J connectivity index is 2.03. The third-order valence-electron chi connectivity index (χ3n) is 3.25. The number of benzene rings is 1. The average molecular weight is 369 g/mol. The first-order chi connectivity index (χ1) is 11.8. The van der Waals surface area contributed by atoms with Crippen LogP contribution in [0.2, 0.25) is 0 Å². The Morgan fingerprint density at radius 1 is 1.24 bits per heavy atom. The highest BCUT2D eigenvalue weighted by Gasteiger charge is 2.23. The molecule has 1 unspecified atom stereocenters. The lowest BCUT2D eigenvalue weighted by atomic mass is 10.2. The second-order valence-corrected chi connectivity index (χ2v) is 7.19. The molecule has 1 aliphatic heterocycles. The van der Waals surface area contributed by atoms with Crippen molar-refractivity contribution in [3.8, 4) is 5.75 Å². The lowest BCUT2D eigenvalue weighted by Gasteiger charge is -2.14. The van der Waals surface area contributed by atoms with Crippen molar-refractivity contribution < 1.29 is 27.5 Å². The van der Waals surface area contributed by atoms with E-state index in [2.05, 4.69) is 16.0 Å². The van der Waals surface area contributed by atoms with E-state index < -0.39 is 21.9 Å². The molecule has 0 saturated carbocycles. The quantitative estimate of drug-likeness (QED) is 0.679. The van der Waals surface area contributed by atoms with E-state index in [4.69, 9.17) is 9.47 Å². The molecule has 136 valence electrons. The fourth-order valence-corrected chi connectivity index (χ4v) is 3.44. The topological polar surface area (TPSA) is 123 Å². The van der Waals surface area contributed by atoms with Crippen LogP contribution in [0.15, 0.2) is 29.7 Å². The summed E-state index contributed by atoms with van der Waals surface area (Å²) in [4.78, 5) is 23.6.